The summed E-state index contributed by atoms with van der Waals surface area (Å²) in [5.41, 5.74) is 0.260. The van der Waals surface area contributed by atoms with Gasteiger partial charge in [0.2, 0.25) is 0 Å². The topological polar surface area (TPSA) is 77.4 Å². The Morgan fingerprint density at radius 2 is 2.15 bits per heavy atom. The maximum absolute atomic E-state index is 12.0. The van der Waals surface area contributed by atoms with Gasteiger partial charge in [-0.15, -0.1) is 0 Å². The second kappa shape index (κ2) is 7.10. The highest BCUT2D eigenvalue weighted by molar-refractivity contribution is 8.13. The first-order chi connectivity index (χ1) is 9.25. The maximum Gasteiger partial charge on any atom is 0.268 e. The van der Waals surface area contributed by atoms with E-state index in [1.165, 1.54) is 16.8 Å². The summed E-state index contributed by atoms with van der Waals surface area (Å²) in [6, 6.07) is 1.27. The van der Waals surface area contributed by atoms with E-state index in [0.717, 1.165) is 0 Å². The normalized spacial score (nSPS) is 11.8. The van der Waals surface area contributed by atoms with Crippen molar-refractivity contribution in [3.63, 3.8) is 0 Å². The molecule has 0 aliphatic carbocycles. The van der Waals surface area contributed by atoms with Crippen LogP contribution >= 0.6 is 10.7 Å². The van der Waals surface area contributed by atoms with Crippen LogP contribution in [-0.4, -0.2) is 38.1 Å². The minimum atomic E-state index is -3.84. The van der Waals surface area contributed by atoms with Crippen LogP contribution in [0.5, 0.6) is 0 Å². The summed E-state index contributed by atoms with van der Waals surface area (Å²) in [6.07, 6.45) is 1.45. The molecule has 1 amide bonds. The van der Waals surface area contributed by atoms with E-state index < -0.39 is 9.05 Å². The third-order valence-electron chi connectivity index (χ3n) is 2.57. The van der Waals surface area contributed by atoms with Gasteiger partial charge >= 0.3 is 0 Å². The lowest BCUT2D eigenvalue weighted by molar-refractivity contribution is 0.0743. The summed E-state index contributed by atoms with van der Waals surface area (Å²) in [4.78, 5) is 11.9. The van der Waals surface area contributed by atoms with E-state index in [-0.39, 0.29) is 22.6 Å². The van der Waals surface area contributed by atoms with Crippen molar-refractivity contribution in [3.05, 3.63) is 18.0 Å². The van der Waals surface area contributed by atoms with Crippen molar-refractivity contribution in [1.29, 1.82) is 0 Å². The van der Waals surface area contributed by atoms with Crippen LogP contribution in [0.4, 0.5) is 0 Å². The van der Waals surface area contributed by atoms with Crippen molar-refractivity contribution in [2.45, 2.75) is 38.3 Å². The van der Waals surface area contributed by atoms with E-state index in [2.05, 4.69) is 5.32 Å². The summed E-state index contributed by atoms with van der Waals surface area (Å²) in [7, 11) is 1.44. The molecule has 0 saturated carbocycles. The lowest BCUT2D eigenvalue weighted by Gasteiger charge is -2.09. The number of carbonyl (C=O) groups excluding carboxylic acids is 1. The van der Waals surface area contributed by atoms with Gasteiger partial charge in [0.05, 0.1) is 12.7 Å². The van der Waals surface area contributed by atoms with Gasteiger partial charge in [-0.3, -0.25) is 4.79 Å². The Balaban J connectivity index is 2.75. The Morgan fingerprint density at radius 3 is 2.65 bits per heavy atom. The van der Waals surface area contributed by atoms with Crippen LogP contribution in [0.25, 0.3) is 0 Å². The first-order valence-corrected chi connectivity index (χ1v) is 8.61. The molecular formula is C12H19ClN2O4S. The molecule has 1 heterocycles. The second-order valence-electron chi connectivity index (χ2n) is 4.46. The minimum absolute atomic E-state index is 0.0791. The molecule has 1 rings (SSSR count). The molecule has 0 atom stereocenters. The van der Waals surface area contributed by atoms with Crippen molar-refractivity contribution in [1.82, 2.24) is 9.88 Å². The highest BCUT2D eigenvalue weighted by Gasteiger charge is 2.19. The van der Waals surface area contributed by atoms with Gasteiger partial charge in [0, 0.05) is 30.0 Å². The van der Waals surface area contributed by atoms with Crippen molar-refractivity contribution in [2.75, 3.05) is 13.2 Å². The van der Waals surface area contributed by atoms with Gasteiger partial charge in [-0.05, 0) is 26.8 Å². The Labute approximate surface area is 123 Å². The van der Waals surface area contributed by atoms with Crippen LogP contribution in [0.1, 0.15) is 31.3 Å². The average molecular weight is 323 g/mol. The predicted molar refractivity (Wildman–Crippen MR) is 76.6 cm³/mol. The maximum atomic E-state index is 12.0. The van der Waals surface area contributed by atoms with Crippen LogP contribution in [0.3, 0.4) is 0 Å². The predicted octanol–water partition coefficient (Wildman–Crippen LogP) is 1.59. The molecule has 0 aliphatic rings. The fraction of sp³-hybridized carbons (Fsp3) is 0.583. The molecule has 0 radical (unpaired) electrons. The third-order valence-corrected chi connectivity index (χ3v) is 3.89. The lowest BCUT2D eigenvalue weighted by atomic mass is 10.4. The molecule has 0 saturated heterocycles. The van der Waals surface area contributed by atoms with Gasteiger partial charge in [-0.1, -0.05) is 0 Å². The molecule has 0 spiro atoms. The number of nitrogens with zero attached hydrogens (tertiary/aromatic N) is 1. The fourth-order valence-corrected chi connectivity index (χ4v) is 2.38. The van der Waals surface area contributed by atoms with Gasteiger partial charge < -0.3 is 14.6 Å². The molecule has 0 bridgehead atoms. The highest BCUT2D eigenvalue weighted by Crippen LogP contribution is 2.18. The molecule has 0 unspecified atom stereocenters. The SMILES string of the molecule is CCn1cc(S(=O)(=O)Cl)cc1C(=O)NCCOC(C)C. The highest BCUT2D eigenvalue weighted by atomic mass is 35.7. The Hall–Kier alpha value is -1.05. The third kappa shape index (κ3) is 4.81. The van der Waals surface area contributed by atoms with E-state index in [4.69, 9.17) is 15.4 Å². The second-order valence-corrected chi connectivity index (χ2v) is 7.03. The molecule has 6 nitrogen and oxygen atoms in total. The molecule has 0 aliphatic heterocycles. The molecule has 20 heavy (non-hydrogen) atoms. The number of carbonyl (C=O) groups is 1. The van der Waals surface area contributed by atoms with Crippen LogP contribution in [0, 0.1) is 0 Å². The number of aromatic nitrogens is 1. The van der Waals surface area contributed by atoms with Crippen molar-refractivity contribution < 1.29 is 17.9 Å². The quantitative estimate of drug-likeness (QED) is 0.611. The molecule has 114 valence electrons. The average Bonchev–Trinajstić information content (AvgIpc) is 2.78. The fourth-order valence-electron chi connectivity index (χ4n) is 1.62. The van der Waals surface area contributed by atoms with Gasteiger partial charge in [-0.25, -0.2) is 8.42 Å². The zero-order valence-electron chi connectivity index (χ0n) is 11.7. The zero-order valence-corrected chi connectivity index (χ0v) is 13.3. The van der Waals surface area contributed by atoms with Crippen LogP contribution in [0.15, 0.2) is 17.2 Å². The van der Waals surface area contributed by atoms with Gasteiger partial charge in [0.1, 0.15) is 10.6 Å². The number of nitrogens with one attached hydrogen (secondary N) is 1. The van der Waals surface area contributed by atoms with Crippen molar-refractivity contribution in [2.24, 2.45) is 0 Å². The summed E-state index contributed by atoms with van der Waals surface area (Å²) < 4.78 is 29.4. The standard InChI is InChI=1S/C12H19ClN2O4S/c1-4-15-8-10(20(13,17)18)7-11(15)12(16)14-5-6-19-9(2)3/h7-9H,4-6H2,1-3H3,(H,14,16). The Bertz CT molecular complexity index is 566. The van der Waals surface area contributed by atoms with E-state index in [9.17, 15) is 13.2 Å². The number of hydrogen-bond donors (Lipinski definition) is 1. The number of amides is 1. The van der Waals surface area contributed by atoms with Crippen LogP contribution < -0.4 is 5.32 Å². The van der Waals surface area contributed by atoms with E-state index >= 15 is 0 Å². The van der Waals surface area contributed by atoms with Crippen LogP contribution in [0.2, 0.25) is 0 Å². The van der Waals surface area contributed by atoms with E-state index in [1.54, 1.807) is 0 Å². The largest absolute Gasteiger partial charge is 0.377 e. The van der Waals surface area contributed by atoms with Crippen LogP contribution in [-0.2, 0) is 20.3 Å². The first kappa shape index (κ1) is 17.0. The lowest BCUT2D eigenvalue weighted by Crippen LogP contribution is -2.29. The molecule has 1 aromatic heterocycles. The Morgan fingerprint density at radius 1 is 1.50 bits per heavy atom. The molecule has 8 heteroatoms. The zero-order chi connectivity index (χ0) is 15.3. The van der Waals surface area contributed by atoms with Crippen molar-refractivity contribution in [3.8, 4) is 0 Å². The molecular weight excluding hydrogens is 304 g/mol. The van der Waals surface area contributed by atoms with Gasteiger partial charge in [0.25, 0.3) is 15.0 Å². The van der Waals surface area contributed by atoms with Gasteiger partial charge in [0.15, 0.2) is 0 Å². The monoisotopic (exact) mass is 322 g/mol. The summed E-state index contributed by atoms with van der Waals surface area (Å²) in [5, 5.41) is 2.67. The number of rotatable bonds is 7. The number of halogens is 1. The molecule has 0 aromatic carbocycles. The van der Waals surface area contributed by atoms with Gasteiger partial charge in [-0.2, -0.15) is 0 Å². The van der Waals surface area contributed by atoms with E-state index in [1.807, 2.05) is 20.8 Å². The Kier molecular flexibility index (Phi) is 6.04. The van der Waals surface area contributed by atoms with E-state index in [0.29, 0.717) is 19.7 Å². The smallest absolute Gasteiger partial charge is 0.268 e. The number of aryl methyl sites for hydroxylation is 1. The van der Waals surface area contributed by atoms with Crippen molar-refractivity contribution >= 4 is 25.6 Å². The number of hydrogen-bond acceptors (Lipinski definition) is 4. The molecule has 1 aromatic rings. The summed E-state index contributed by atoms with van der Waals surface area (Å²) >= 11 is 0. The minimum Gasteiger partial charge on any atom is -0.377 e. The molecule has 1 N–H and O–H groups in total. The first-order valence-electron chi connectivity index (χ1n) is 6.30. The summed E-state index contributed by atoms with van der Waals surface area (Å²) in [5.74, 6) is -0.356. The summed E-state index contributed by atoms with van der Waals surface area (Å²) in [6.45, 7) is 6.84. The number of ether oxygens (including phenoxy) is 1. The molecule has 0 fully saturated rings.